The number of rotatable bonds is 6. The summed E-state index contributed by atoms with van der Waals surface area (Å²) in [6.45, 7) is 4.35. The molecule has 1 unspecified atom stereocenters. The summed E-state index contributed by atoms with van der Waals surface area (Å²) in [6.07, 6.45) is 5.26. The van der Waals surface area contributed by atoms with Crippen LogP contribution in [0.2, 0.25) is 0 Å². The van der Waals surface area contributed by atoms with Gasteiger partial charge in [-0.2, -0.15) is 0 Å². The number of nitrogens with two attached hydrogens (primary N) is 1. The van der Waals surface area contributed by atoms with Crippen LogP contribution in [0.3, 0.4) is 0 Å². The zero-order valence-corrected chi connectivity index (χ0v) is 15.1. The van der Waals surface area contributed by atoms with Gasteiger partial charge in [0.05, 0.1) is 0 Å². The van der Waals surface area contributed by atoms with Crippen molar-refractivity contribution in [3.63, 3.8) is 0 Å². The summed E-state index contributed by atoms with van der Waals surface area (Å²) in [5, 5.41) is 2.89. The van der Waals surface area contributed by atoms with Gasteiger partial charge in [-0.15, -0.1) is 0 Å². The third kappa shape index (κ3) is 4.57. The van der Waals surface area contributed by atoms with Crippen molar-refractivity contribution in [3.8, 4) is 0 Å². The van der Waals surface area contributed by atoms with E-state index in [0.717, 1.165) is 36.8 Å². The highest BCUT2D eigenvalue weighted by atomic mass is 79.9. The van der Waals surface area contributed by atoms with Gasteiger partial charge in [0.15, 0.2) is 0 Å². The minimum atomic E-state index is -0.0508. The average molecular weight is 385 g/mol. The monoisotopic (exact) mass is 384 g/mol. The van der Waals surface area contributed by atoms with E-state index in [1.807, 2.05) is 28.7 Å². The number of likely N-dealkylation sites (tertiary alicyclic amines) is 1. The quantitative estimate of drug-likeness (QED) is 0.783. The lowest BCUT2D eigenvalue weighted by Gasteiger charge is -2.36. The van der Waals surface area contributed by atoms with E-state index >= 15 is 0 Å². The van der Waals surface area contributed by atoms with Crippen LogP contribution in [0.1, 0.15) is 43.1 Å². The molecule has 1 saturated heterocycles. The molecule has 2 amide bonds. The Morgan fingerprint density at radius 1 is 1.43 bits per heavy atom. The van der Waals surface area contributed by atoms with Gasteiger partial charge in [-0.25, -0.2) is 0 Å². The van der Waals surface area contributed by atoms with E-state index in [2.05, 4.69) is 21.2 Å². The molecule has 2 rings (SSSR count). The normalized spacial score (nSPS) is 18.0. The summed E-state index contributed by atoms with van der Waals surface area (Å²) in [7, 11) is 0. The average Bonchev–Trinajstić information content (AvgIpc) is 2.94. The molecule has 0 spiro atoms. The predicted molar refractivity (Wildman–Crippen MR) is 93.2 cm³/mol. The van der Waals surface area contributed by atoms with Crippen molar-refractivity contribution in [2.45, 2.75) is 45.2 Å². The number of carbonyl (C=O) groups excluding carboxylic acids is 2. The zero-order valence-electron chi connectivity index (χ0n) is 13.6. The molecule has 1 aromatic heterocycles. The van der Waals surface area contributed by atoms with Gasteiger partial charge in [0.25, 0.3) is 5.91 Å². The second kappa shape index (κ2) is 8.49. The molecule has 0 aromatic carbocycles. The summed E-state index contributed by atoms with van der Waals surface area (Å²) in [5.74, 6) is -0.0134. The van der Waals surface area contributed by atoms with E-state index in [4.69, 9.17) is 5.73 Å². The number of hydrogen-bond donors (Lipinski definition) is 2. The van der Waals surface area contributed by atoms with Crippen LogP contribution >= 0.6 is 15.9 Å². The molecule has 0 saturated carbocycles. The molecule has 1 aliphatic rings. The smallest absolute Gasteiger partial charge is 0.270 e. The van der Waals surface area contributed by atoms with Crippen molar-refractivity contribution in [1.82, 2.24) is 14.8 Å². The highest BCUT2D eigenvalue weighted by Crippen LogP contribution is 2.22. The van der Waals surface area contributed by atoms with Crippen molar-refractivity contribution < 1.29 is 9.59 Å². The highest BCUT2D eigenvalue weighted by Gasteiger charge is 2.29. The lowest BCUT2D eigenvalue weighted by atomic mass is 10.0. The van der Waals surface area contributed by atoms with Crippen LogP contribution in [0.5, 0.6) is 0 Å². The first kappa shape index (κ1) is 18.0. The molecule has 1 atom stereocenters. The molecule has 23 heavy (non-hydrogen) atoms. The summed E-state index contributed by atoms with van der Waals surface area (Å²) < 4.78 is 2.86. The third-order valence-electron chi connectivity index (χ3n) is 4.22. The maximum atomic E-state index is 12.9. The van der Waals surface area contributed by atoms with Gasteiger partial charge >= 0.3 is 0 Å². The maximum Gasteiger partial charge on any atom is 0.270 e. The van der Waals surface area contributed by atoms with Crippen molar-refractivity contribution in [1.29, 1.82) is 0 Å². The first-order valence-electron chi connectivity index (χ1n) is 8.20. The number of hydrogen-bond acceptors (Lipinski definition) is 3. The molecule has 0 radical (unpaired) electrons. The highest BCUT2D eigenvalue weighted by molar-refractivity contribution is 9.10. The lowest BCUT2D eigenvalue weighted by Crippen LogP contribution is -2.49. The van der Waals surface area contributed by atoms with E-state index < -0.39 is 0 Å². The first-order chi connectivity index (χ1) is 11.1. The minimum Gasteiger partial charge on any atom is -0.354 e. The number of nitrogens with zero attached hydrogens (tertiary/aromatic N) is 2. The number of piperidine rings is 1. The van der Waals surface area contributed by atoms with Gasteiger partial charge in [0.1, 0.15) is 5.69 Å². The molecule has 128 valence electrons. The molecule has 7 heteroatoms. The van der Waals surface area contributed by atoms with Crippen molar-refractivity contribution in [2.75, 3.05) is 19.6 Å². The molecule has 1 aliphatic heterocycles. The number of carbonyl (C=O) groups is 2. The molecule has 0 bridgehead atoms. The fraction of sp³-hybridized carbons (Fsp3) is 0.625. The van der Waals surface area contributed by atoms with Gasteiger partial charge in [-0.05, 0) is 48.2 Å². The van der Waals surface area contributed by atoms with Crippen molar-refractivity contribution in [3.05, 3.63) is 22.4 Å². The summed E-state index contributed by atoms with van der Waals surface area (Å²) >= 11 is 3.44. The van der Waals surface area contributed by atoms with Crippen LogP contribution in [-0.2, 0) is 11.3 Å². The number of nitrogens with one attached hydrogen (secondary N) is 1. The van der Waals surface area contributed by atoms with Gasteiger partial charge in [0.2, 0.25) is 5.91 Å². The minimum absolute atomic E-state index is 0.0373. The number of halogens is 1. The molecule has 0 aliphatic carbocycles. The van der Waals surface area contributed by atoms with Crippen LogP contribution < -0.4 is 11.1 Å². The summed E-state index contributed by atoms with van der Waals surface area (Å²) in [5.41, 5.74) is 6.09. The topological polar surface area (TPSA) is 80.4 Å². The Balaban J connectivity index is 2.07. The predicted octanol–water partition coefficient (Wildman–Crippen LogP) is 1.73. The van der Waals surface area contributed by atoms with E-state index in [-0.39, 0.29) is 17.9 Å². The summed E-state index contributed by atoms with van der Waals surface area (Å²) in [6, 6.07) is 1.92. The SMILES string of the molecule is CCn1cc(Br)cc1C(=O)N1CCCCC1CNC(=O)CCN. The van der Waals surface area contributed by atoms with E-state index in [0.29, 0.717) is 25.2 Å². The van der Waals surface area contributed by atoms with E-state index in [9.17, 15) is 9.59 Å². The van der Waals surface area contributed by atoms with Crippen LogP contribution in [0.25, 0.3) is 0 Å². The Bertz CT molecular complexity index is 558. The van der Waals surface area contributed by atoms with Crippen LogP contribution in [0, 0.1) is 0 Å². The lowest BCUT2D eigenvalue weighted by molar-refractivity contribution is -0.121. The van der Waals surface area contributed by atoms with E-state index in [1.165, 1.54) is 0 Å². The molecular weight excluding hydrogens is 360 g/mol. The Hall–Kier alpha value is -1.34. The standard InChI is InChI=1S/C16H25BrN4O2/c1-2-20-11-12(17)9-14(20)16(23)21-8-4-3-5-13(21)10-19-15(22)6-7-18/h9,11,13H,2-8,10,18H2,1H3,(H,19,22). The second-order valence-corrected chi connectivity index (χ2v) is 6.74. The van der Waals surface area contributed by atoms with Crippen molar-refractivity contribution >= 4 is 27.7 Å². The molecule has 1 aromatic rings. The van der Waals surface area contributed by atoms with Gasteiger partial charge in [0, 0.05) is 49.3 Å². The third-order valence-corrected chi connectivity index (χ3v) is 4.65. The maximum absolute atomic E-state index is 12.9. The second-order valence-electron chi connectivity index (χ2n) is 5.82. The molecule has 1 fully saturated rings. The largest absolute Gasteiger partial charge is 0.354 e. The number of amides is 2. The molecule has 6 nitrogen and oxygen atoms in total. The fourth-order valence-electron chi connectivity index (χ4n) is 2.99. The Kier molecular flexibility index (Phi) is 6.65. The Morgan fingerprint density at radius 2 is 2.22 bits per heavy atom. The van der Waals surface area contributed by atoms with Gasteiger partial charge in [-0.1, -0.05) is 0 Å². The number of aromatic nitrogens is 1. The molecule has 3 N–H and O–H groups in total. The van der Waals surface area contributed by atoms with Crippen LogP contribution in [-0.4, -0.2) is 47.0 Å². The van der Waals surface area contributed by atoms with Crippen LogP contribution in [0.4, 0.5) is 0 Å². The van der Waals surface area contributed by atoms with Gasteiger partial charge in [-0.3, -0.25) is 9.59 Å². The Morgan fingerprint density at radius 3 is 2.91 bits per heavy atom. The van der Waals surface area contributed by atoms with Crippen LogP contribution in [0.15, 0.2) is 16.7 Å². The first-order valence-corrected chi connectivity index (χ1v) is 8.99. The molecular formula is C16H25BrN4O2. The van der Waals surface area contributed by atoms with E-state index in [1.54, 1.807) is 0 Å². The van der Waals surface area contributed by atoms with Gasteiger partial charge < -0.3 is 20.5 Å². The number of aryl methyl sites for hydroxylation is 1. The fourth-order valence-corrected chi connectivity index (χ4v) is 3.46. The molecule has 2 heterocycles. The Labute approximate surface area is 145 Å². The summed E-state index contributed by atoms with van der Waals surface area (Å²) in [4.78, 5) is 26.5. The zero-order chi connectivity index (χ0) is 16.8. The van der Waals surface area contributed by atoms with Crippen molar-refractivity contribution in [2.24, 2.45) is 5.73 Å².